The van der Waals surface area contributed by atoms with Crippen molar-refractivity contribution in [3.8, 4) is 0 Å². The zero-order valence-corrected chi connectivity index (χ0v) is 8.94. The van der Waals surface area contributed by atoms with Gasteiger partial charge in [0.2, 0.25) is 0 Å². The lowest BCUT2D eigenvalue weighted by atomic mass is 9.91. The minimum atomic E-state index is -0.447. The molecule has 0 heterocycles. The maximum atomic E-state index is 11.2. The first kappa shape index (κ1) is 10.4. The molecule has 2 nitrogen and oxygen atoms in total. The zero-order chi connectivity index (χ0) is 10.8. The SMILES string of the molecule is CC(O)c1ccccc1C1CCC(=O)C1. The lowest BCUT2D eigenvalue weighted by Gasteiger charge is -2.16. The van der Waals surface area contributed by atoms with Crippen LogP contribution in [0.15, 0.2) is 24.3 Å². The lowest BCUT2D eigenvalue weighted by molar-refractivity contribution is -0.117. The molecule has 1 aliphatic rings. The van der Waals surface area contributed by atoms with Crippen LogP contribution < -0.4 is 0 Å². The Morgan fingerprint density at radius 3 is 2.73 bits per heavy atom. The second-order valence-electron chi connectivity index (χ2n) is 4.28. The van der Waals surface area contributed by atoms with Crippen LogP contribution in [0.25, 0.3) is 0 Å². The van der Waals surface area contributed by atoms with Gasteiger partial charge in [0, 0.05) is 12.8 Å². The molecular formula is C13H16O2. The molecule has 2 heteroatoms. The number of hydrogen-bond acceptors (Lipinski definition) is 2. The number of aliphatic hydroxyl groups excluding tert-OH is 1. The molecule has 1 fully saturated rings. The number of Topliss-reactive ketones (excluding diaryl/α,β-unsaturated/α-hetero) is 1. The molecule has 0 bridgehead atoms. The molecule has 1 saturated carbocycles. The number of benzene rings is 1. The van der Waals surface area contributed by atoms with Crippen molar-refractivity contribution in [1.29, 1.82) is 0 Å². The Balaban J connectivity index is 2.31. The van der Waals surface area contributed by atoms with Gasteiger partial charge in [-0.25, -0.2) is 0 Å². The third-order valence-electron chi connectivity index (χ3n) is 3.13. The summed E-state index contributed by atoms with van der Waals surface area (Å²) in [6, 6.07) is 7.89. The second-order valence-corrected chi connectivity index (χ2v) is 4.28. The monoisotopic (exact) mass is 204 g/mol. The minimum Gasteiger partial charge on any atom is -0.389 e. The van der Waals surface area contributed by atoms with Gasteiger partial charge in [0.05, 0.1) is 6.10 Å². The molecule has 2 unspecified atom stereocenters. The number of rotatable bonds is 2. The molecule has 2 atom stereocenters. The van der Waals surface area contributed by atoms with E-state index in [1.165, 1.54) is 0 Å². The molecule has 1 aliphatic carbocycles. The van der Waals surface area contributed by atoms with E-state index >= 15 is 0 Å². The van der Waals surface area contributed by atoms with Gasteiger partial charge in [-0.2, -0.15) is 0 Å². The summed E-state index contributed by atoms with van der Waals surface area (Å²) in [7, 11) is 0. The van der Waals surface area contributed by atoms with Crippen molar-refractivity contribution in [2.45, 2.75) is 38.2 Å². The first-order valence-electron chi connectivity index (χ1n) is 5.47. The maximum absolute atomic E-state index is 11.2. The van der Waals surface area contributed by atoms with Gasteiger partial charge in [-0.1, -0.05) is 24.3 Å². The quantitative estimate of drug-likeness (QED) is 0.804. The van der Waals surface area contributed by atoms with E-state index in [0.29, 0.717) is 24.5 Å². The number of hydrogen-bond donors (Lipinski definition) is 1. The van der Waals surface area contributed by atoms with Crippen LogP contribution in [-0.2, 0) is 4.79 Å². The van der Waals surface area contributed by atoms with Crippen molar-refractivity contribution in [3.05, 3.63) is 35.4 Å². The number of aliphatic hydroxyl groups is 1. The fourth-order valence-electron chi connectivity index (χ4n) is 2.34. The van der Waals surface area contributed by atoms with Crippen LogP contribution in [0, 0.1) is 0 Å². The van der Waals surface area contributed by atoms with E-state index in [-0.39, 0.29) is 0 Å². The Hall–Kier alpha value is -1.15. The first-order chi connectivity index (χ1) is 7.18. The van der Waals surface area contributed by atoms with Gasteiger partial charge < -0.3 is 5.11 Å². The van der Waals surface area contributed by atoms with Gasteiger partial charge >= 0.3 is 0 Å². The minimum absolute atomic E-state index is 0.322. The lowest BCUT2D eigenvalue weighted by Crippen LogP contribution is -2.02. The van der Waals surface area contributed by atoms with Crippen LogP contribution >= 0.6 is 0 Å². The Labute approximate surface area is 89.9 Å². The summed E-state index contributed by atoms with van der Waals surface area (Å²) in [5.41, 5.74) is 2.12. The van der Waals surface area contributed by atoms with Crippen molar-refractivity contribution >= 4 is 5.78 Å². The molecule has 0 aliphatic heterocycles. The smallest absolute Gasteiger partial charge is 0.133 e. The fourth-order valence-corrected chi connectivity index (χ4v) is 2.34. The first-order valence-corrected chi connectivity index (χ1v) is 5.47. The summed E-state index contributed by atoms with van der Waals surface area (Å²) in [6.07, 6.45) is 1.82. The molecular weight excluding hydrogens is 188 g/mol. The Kier molecular flexibility index (Phi) is 2.87. The zero-order valence-electron chi connectivity index (χ0n) is 8.94. The summed E-state index contributed by atoms with van der Waals surface area (Å²) < 4.78 is 0. The van der Waals surface area contributed by atoms with E-state index in [4.69, 9.17) is 0 Å². The highest BCUT2D eigenvalue weighted by Gasteiger charge is 2.25. The van der Waals surface area contributed by atoms with Gasteiger partial charge in [0.1, 0.15) is 5.78 Å². The largest absolute Gasteiger partial charge is 0.389 e. The van der Waals surface area contributed by atoms with Crippen molar-refractivity contribution in [1.82, 2.24) is 0 Å². The van der Waals surface area contributed by atoms with Crippen molar-refractivity contribution in [3.63, 3.8) is 0 Å². The van der Waals surface area contributed by atoms with E-state index in [1.807, 2.05) is 24.3 Å². The third kappa shape index (κ3) is 2.10. The fraction of sp³-hybridized carbons (Fsp3) is 0.462. The van der Waals surface area contributed by atoms with Crippen LogP contribution in [0.1, 0.15) is 49.3 Å². The average Bonchev–Trinajstić information content (AvgIpc) is 2.65. The van der Waals surface area contributed by atoms with Crippen LogP contribution in [0.2, 0.25) is 0 Å². The highest BCUT2D eigenvalue weighted by atomic mass is 16.3. The van der Waals surface area contributed by atoms with E-state index in [2.05, 4.69) is 0 Å². The molecule has 1 N–H and O–H groups in total. The predicted molar refractivity (Wildman–Crippen MR) is 58.7 cm³/mol. The van der Waals surface area contributed by atoms with E-state index in [1.54, 1.807) is 6.92 Å². The van der Waals surface area contributed by atoms with Gasteiger partial charge in [-0.15, -0.1) is 0 Å². The topological polar surface area (TPSA) is 37.3 Å². The summed E-state index contributed by atoms with van der Waals surface area (Å²) >= 11 is 0. The summed E-state index contributed by atoms with van der Waals surface area (Å²) in [5, 5.41) is 9.65. The summed E-state index contributed by atoms with van der Waals surface area (Å²) in [6.45, 7) is 1.77. The summed E-state index contributed by atoms with van der Waals surface area (Å²) in [5.74, 6) is 0.670. The van der Waals surface area contributed by atoms with Gasteiger partial charge in [-0.3, -0.25) is 4.79 Å². The molecule has 0 spiro atoms. The third-order valence-corrected chi connectivity index (χ3v) is 3.13. The van der Waals surface area contributed by atoms with Crippen molar-refractivity contribution in [2.75, 3.05) is 0 Å². The number of carbonyl (C=O) groups excluding carboxylic acids is 1. The van der Waals surface area contributed by atoms with Crippen LogP contribution in [0.5, 0.6) is 0 Å². The molecule has 2 rings (SSSR count). The second kappa shape index (κ2) is 4.15. The molecule has 0 radical (unpaired) electrons. The normalized spacial score (nSPS) is 23.1. The molecule has 15 heavy (non-hydrogen) atoms. The number of ketones is 1. The molecule has 0 amide bonds. The molecule has 80 valence electrons. The van der Waals surface area contributed by atoms with E-state index in [9.17, 15) is 9.90 Å². The van der Waals surface area contributed by atoms with Gasteiger partial charge in [-0.05, 0) is 30.4 Å². The van der Waals surface area contributed by atoms with Crippen molar-refractivity contribution < 1.29 is 9.90 Å². The van der Waals surface area contributed by atoms with Crippen LogP contribution in [0.4, 0.5) is 0 Å². The molecule has 1 aromatic rings. The standard InChI is InChI=1S/C13H16O2/c1-9(14)12-4-2-3-5-13(12)10-6-7-11(15)8-10/h2-5,9-10,14H,6-8H2,1H3. The van der Waals surface area contributed by atoms with Crippen LogP contribution in [0.3, 0.4) is 0 Å². The molecule has 0 saturated heterocycles. The van der Waals surface area contributed by atoms with Gasteiger partial charge in [0.25, 0.3) is 0 Å². The molecule has 0 aromatic heterocycles. The Morgan fingerprint density at radius 2 is 2.13 bits per heavy atom. The average molecular weight is 204 g/mol. The highest BCUT2D eigenvalue weighted by molar-refractivity contribution is 5.81. The van der Waals surface area contributed by atoms with E-state index in [0.717, 1.165) is 17.5 Å². The van der Waals surface area contributed by atoms with Crippen LogP contribution in [-0.4, -0.2) is 10.9 Å². The number of carbonyl (C=O) groups is 1. The van der Waals surface area contributed by atoms with Crippen molar-refractivity contribution in [2.24, 2.45) is 0 Å². The van der Waals surface area contributed by atoms with Gasteiger partial charge in [0.15, 0.2) is 0 Å². The summed E-state index contributed by atoms with van der Waals surface area (Å²) in [4.78, 5) is 11.2. The Morgan fingerprint density at radius 1 is 1.40 bits per heavy atom. The Bertz CT molecular complexity index is 369. The molecule has 1 aromatic carbocycles. The highest BCUT2D eigenvalue weighted by Crippen LogP contribution is 2.35. The predicted octanol–water partition coefficient (Wildman–Crippen LogP) is 2.58. The van der Waals surface area contributed by atoms with E-state index < -0.39 is 6.10 Å². The maximum Gasteiger partial charge on any atom is 0.133 e.